The number of nitrogens with zero attached hydrogens (tertiary/aromatic N) is 6. The number of methoxy groups -OCH3 is 6. The topological polar surface area (TPSA) is 153 Å². The third kappa shape index (κ3) is 4.05. The molecule has 0 aliphatic carbocycles. The van der Waals surface area contributed by atoms with Gasteiger partial charge in [-0.1, -0.05) is 0 Å². The summed E-state index contributed by atoms with van der Waals surface area (Å²) in [7, 11) is 8.70. The normalized spacial score (nSPS) is 11.6. The molecule has 0 fully saturated rings. The molecule has 0 amide bonds. The predicted octanol–water partition coefficient (Wildman–Crippen LogP) is 3.78. The van der Waals surface area contributed by atoms with Gasteiger partial charge in [-0.2, -0.15) is 0 Å². The number of rotatable bonds is 11. The van der Waals surface area contributed by atoms with Gasteiger partial charge in [0, 0.05) is 0 Å². The third-order valence-electron chi connectivity index (χ3n) is 5.90. The van der Waals surface area contributed by atoms with Crippen molar-refractivity contribution in [2.24, 2.45) is 6.55 Å². The van der Waals surface area contributed by atoms with E-state index in [0.717, 1.165) is 0 Å². The summed E-state index contributed by atoms with van der Waals surface area (Å²) < 4.78 is 44.5. The van der Waals surface area contributed by atoms with E-state index in [-0.39, 0.29) is 45.0 Å². The molecule has 0 aromatic heterocycles. The molecule has 0 unspecified atom stereocenters. The van der Waals surface area contributed by atoms with Crippen molar-refractivity contribution in [1.82, 2.24) is 0 Å². The first-order chi connectivity index (χ1) is 18.0. The zero-order valence-corrected chi connectivity index (χ0v) is 23.8. The number of azide groups is 1. The van der Waals surface area contributed by atoms with E-state index < -0.39 is 18.0 Å². The summed E-state index contributed by atoms with van der Waals surface area (Å²) in [6, 6.07) is 15.1. The van der Waals surface area contributed by atoms with Gasteiger partial charge in [-0.3, -0.25) is 0 Å². The predicted molar refractivity (Wildman–Crippen MR) is 142 cm³/mol. The summed E-state index contributed by atoms with van der Waals surface area (Å²) in [5, 5.41) is 0. The number of ether oxygens (including phenoxy) is 6. The Kier molecular flexibility index (Phi) is 8.40. The van der Waals surface area contributed by atoms with Crippen LogP contribution in [0, 0.1) is 0 Å². The molecule has 0 bridgehead atoms. The second kappa shape index (κ2) is 11.3. The van der Waals surface area contributed by atoms with Gasteiger partial charge in [-0.15, -0.1) is 0 Å². The molecule has 0 radical (unpaired) electrons. The summed E-state index contributed by atoms with van der Waals surface area (Å²) in [6.07, 6.45) is 0. The molecule has 0 saturated carbocycles. The van der Waals surface area contributed by atoms with E-state index in [1.165, 1.54) is 42.7 Å². The van der Waals surface area contributed by atoms with E-state index in [0.29, 0.717) is 0 Å². The summed E-state index contributed by atoms with van der Waals surface area (Å²) >= 11 is -6.49. The number of hydrogen-bond donors (Lipinski definition) is 0. The Morgan fingerprint density at radius 3 is 0.865 bits per heavy atom. The fraction of sp³-hybridized carbons (Fsp3) is 0.250. The minimum absolute atomic E-state index is 0.237. The average molecular weight is 617 g/mol. The summed E-state index contributed by atoms with van der Waals surface area (Å²) in [5.41, 5.74) is 20.5. The van der Waals surface area contributed by atoms with Crippen molar-refractivity contribution in [3.05, 3.63) is 75.5 Å². The van der Waals surface area contributed by atoms with Crippen LogP contribution >= 0.6 is 0 Å². The molecule has 0 heterocycles. The molecule has 12 nitrogen and oxygen atoms in total. The molecular formula is C24H27N6O6Sb. The van der Waals surface area contributed by atoms with Crippen molar-refractivity contribution < 1.29 is 28.4 Å². The third-order valence-corrected chi connectivity index (χ3v) is 19.4. The van der Waals surface area contributed by atoms with Crippen molar-refractivity contribution in [2.45, 2.75) is 0 Å². The van der Waals surface area contributed by atoms with Crippen LogP contribution in [-0.4, -0.2) is 60.6 Å². The molecule has 0 spiro atoms. The second-order valence-corrected chi connectivity index (χ2v) is 18.1. The molecule has 3 rings (SSSR count). The average Bonchev–Trinajstić information content (AvgIpc) is 2.95. The first-order valence-corrected chi connectivity index (χ1v) is 16.9. The van der Waals surface area contributed by atoms with E-state index >= 15 is 0 Å². The zero-order valence-electron chi connectivity index (χ0n) is 21.3. The molecule has 3 aromatic rings. The van der Waals surface area contributed by atoms with Crippen molar-refractivity contribution in [3.8, 4) is 34.5 Å². The van der Waals surface area contributed by atoms with Gasteiger partial charge >= 0.3 is 216 Å². The molecule has 0 saturated heterocycles. The van der Waals surface area contributed by atoms with Gasteiger partial charge < -0.3 is 0 Å². The van der Waals surface area contributed by atoms with E-state index in [9.17, 15) is 11.1 Å². The maximum atomic E-state index is 10.2. The Morgan fingerprint density at radius 2 is 0.703 bits per heavy atom. The number of benzene rings is 3. The van der Waals surface area contributed by atoms with Crippen LogP contribution in [0.15, 0.2) is 61.1 Å². The Morgan fingerprint density at radius 1 is 0.486 bits per heavy atom. The monoisotopic (exact) mass is 616 g/mol. The van der Waals surface area contributed by atoms with Crippen LogP contribution in [0.4, 0.5) is 0 Å². The zero-order chi connectivity index (χ0) is 27.1. The first-order valence-electron chi connectivity index (χ1n) is 10.8. The summed E-state index contributed by atoms with van der Waals surface area (Å²) in [4.78, 5) is 6.59. The van der Waals surface area contributed by atoms with Crippen molar-refractivity contribution >= 4 is 28.5 Å². The van der Waals surface area contributed by atoms with E-state index in [4.69, 9.17) is 28.4 Å². The Labute approximate surface area is 215 Å². The fourth-order valence-electron chi connectivity index (χ4n) is 4.52. The quantitative estimate of drug-likeness (QED) is 0.138. The molecular weight excluding hydrogens is 590 g/mol. The van der Waals surface area contributed by atoms with Gasteiger partial charge in [0.15, 0.2) is 0 Å². The van der Waals surface area contributed by atoms with Crippen LogP contribution in [0.25, 0.3) is 20.9 Å². The van der Waals surface area contributed by atoms with E-state index in [1.807, 2.05) is 0 Å². The Bertz CT molecular complexity index is 1180. The summed E-state index contributed by atoms with van der Waals surface area (Å²) in [6.45, 7) is 0. The van der Waals surface area contributed by atoms with Crippen LogP contribution in [0.3, 0.4) is 0 Å². The van der Waals surface area contributed by atoms with Gasteiger partial charge in [-0.25, -0.2) is 0 Å². The van der Waals surface area contributed by atoms with Gasteiger partial charge in [0.25, 0.3) is 0 Å². The van der Waals surface area contributed by atoms with Gasteiger partial charge in [0.2, 0.25) is 0 Å². The standard InChI is InChI=1S/3C8H9O2.2N3.Sb/c3*1-9-7-4-3-5-8(6-7)10-2;2*1-3-2;/h3*3-5H,1-2H3;;;/q;;;2*-1;+2. The molecule has 0 atom stereocenters. The van der Waals surface area contributed by atoms with Gasteiger partial charge in [0.1, 0.15) is 0 Å². The fourth-order valence-corrected chi connectivity index (χ4v) is 19.0. The van der Waals surface area contributed by atoms with Crippen molar-refractivity contribution in [3.63, 3.8) is 0 Å². The van der Waals surface area contributed by atoms with Gasteiger partial charge in [0.05, 0.1) is 0 Å². The van der Waals surface area contributed by atoms with E-state index in [2.05, 4.69) is 16.4 Å². The molecule has 0 N–H and O–H groups in total. The van der Waals surface area contributed by atoms with Crippen molar-refractivity contribution in [1.29, 1.82) is 0 Å². The van der Waals surface area contributed by atoms with Crippen LogP contribution in [0.5, 0.6) is 34.5 Å². The summed E-state index contributed by atoms with van der Waals surface area (Å²) in [5.74, 6) is 1.51. The molecule has 0 aliphatic heterocycles. The second-order valence-electron chi connectivity index (χ2n) is 7.42. The van der Waals surface area contributed by atoms with Crippen LogP contribution < -0.4 is 39.0 Å². The Hall–Kier alpha value is -4.10. The first kappa shape index (κ1) is 27.5. The molecule has 13 heteroatoms. The Balaban J connectivity index is 3.00. The number of hydrogen-bond acceptors (Lipinski definition) is 8. The molecule has 3 aromatic carbocycles. The maximum absolute atomic E-state index is 10.2. The minimum atomic E-state index is -6.49. The van der Waals surface area contributed by atoms with E-state index in [1.54, 1.807) is 54.6 Å². The van der Waals surface area contributed by atoms with Crippen molar-refractivity contribution in [2.75, 3.05) is 42.7 Å². The molecule has 0 aliphatic rings. The molecule has 37 heavy (non-hydrogen) atoms. The van der Waals surface area contributed by atoms with Crippen LogP contribution in [0.1, 0.15) is 0 Å². The van der Waals surface area contributed by atoms with Crippen LogP contribution in [-0.2, 0) is 0 Å². The van der Waals surface area contributed by atoms with Gasteiger partial charge in [-0.05, 0) is 0 Å². The SMILES string of the molecule is COc1cccc(OC)[c]1[Sb]([N]=[N+]=[N-])([N]=[N+]=[N-])([c]1c(OC)cccc1OC)[c]1c(OC)cccc1OC. The molecule has 194 valence electrons. The van der Waals surface area contributed by atoms with Crippen LogP contribution in [0.2, 0.25) is 0 Å².